The Bertz CT molecular complexity index is 226. The van der Waals surface area contributed by atoms with Gasteiger partial charge in [-0.1, -0.05) is 6.92 Å². The predicted octanol–water partition coefficient (Wildman–Crippen LogP) is 2.22. The number of carbonyl (C=O) groups excluding carboxylic acids is 2. The molecule has 0 unspecified atom stereocenters. The standard InChI is InChI=1S/C11H21NO3S/c1-5-6-16-8-9(7-13)12-10(14)15-11(2,3)4/h7,9H,5-6,8H2,1-4H3,(H,12,14)/t9-/m0/s1. The Hall–Kier alpha value is -0.710. The summed E-state index contributed by atoms with van der Waals surface area (Å²) in [5.41, 5.74) is -0.534. The fourth-order valence-corrected chi connectivity index (χ4v) is 1.80. The van der Waals surface area contributed by atoms with Crippen LogP contribution in [0.15, 0.2) is 0 Å². The van der Waals surface area contributed by atoms with E-state index in [-0.39, 0.29) is 0 Å². The smallest absolute Gasteiger partial charge is 0.408 e. The van der Waals surface area contributed by atoms with Gasteiger partial charge in [-0.05, 0) is 32.9 Å². The molecule has 0 aliphatic heterocycles. The first-order valence-electron chi connectivity index (χ1n) is 5.41. The molecule has 0 aromatic carbocycles. The van der Waals surface area contributed by atoms with Crippen LogP contribution < -0.4 is 5.32 Å². The van der Waals surface area contributed by atoms with E-state index in [1.165, 1.54) is 0 Å². The number of thioether (sulfide) groups is 1. The molecule has 1 amide bonds. The van der Waals surface area contributed by atoms with Gasteiger partial charge in [0.15, 0.2) is 0 Å². The van der Waals surface area contributed by atoms with Gasteiger partial charge in [-0.25, -0.2) is 4.79 Å². The molecule has 0 aliphatic carbocycles. The second-order valence-corrected chi connectivity index (χ2v) is 5.61. The molecule has 0 spiro atoms. The molecule has 0 radical (unpaired) electrons. The van der Waals surface area contributed by atoms with E-state index in [1.807, 2.05) is 0 Å². The van der Waals surface area contributed by atoms with Crippen molar-refractivity contribution in [1.82, 2.24) is 5.32 Å². The van der Waals surface area contributed by atoms with E-state index < -0.39 is 17.7 Å². The molecular formula is C11H21NO3S. The Morgan fingerprint density at radius 3 is 2.56 bits per heavy atom. The van der Waals surface area contributed by atoms with Gasteiger partial charge in [0, 0.05) is 5.75 Å². The maximum absolute atomic E-state index is 11.4. The lowest BCUT2D eigenvalue weighted by Crippen LogP contribution is -2.41. The van der Waals surface area contributed by atoms with Crippen LogP contribution in [0, 0.1) is 0 Å². The largest absolute Gasteiger partial charge is 0.444 e. The second kappa shape index (κ2) is 7.54. The lowest BCUT2D eigenvalue weighted by Gasteiger charge is -2.21. The average molecular weight is 247 g/mol. The second-order valence-electron chi connectivity index (χ2n) is 4.46. The van der Waals surface area contributed by atoms with Crippen molar-refractivity contribution in [2.45, 2.75) is 45.8 Å². The molecule has 0 heterocycles. The highest BCUT2D eigenvalue weighted by Gasteiger charge is 2.18. The maximum atomic E-state index is 11.4. The van der Waals surface area contributed by atoms with Crippen LogP contribution in [0.2, 0.25) is 0 Å². The van der Waals surface area contributed by atoms with Crippen LogP contribution in [-0.2, 0) is 9.53 Å². The average Bonchev–Trinajstić information content (AvgIpc) is 2.13. The van der Waals surface area contributed by atoms with Crippen molar-refractivity contribution < 1.29 is 14.3 Å². The minimum atomic E-state index is -0.540. The Labute approximate surface area is 101 Å². The molecule has 4 nitrogen and oxygen atoms in total. The number of nitrogens with one attached hydrogen (secondary N) is 1. The van der Waals surface area contributed by atoms with E-state index in [2.05, 4.69) is 12.2 Å². The van der Waals surface area contributed by atoms with E-state index >= 15 is 0 Å². The number of aldehydes is 1. The van der Waals surface area contributed by atoms with E-state index in [0.29, 0.717) is 5.75 Å². The number of rotatable bonds is 6. The van der Waals surface area contributed by atoms with Crippen LogP contribution in [0.3, 0.4) is 0 Å². The van der Waals surface area contributed by atoms with Crippen molar-refractivity contribution >= 4 is 24.1 Å². The quantitative estimate of drug-likeness (QED) is 0.577. The number of amides is 1. The summed E-state index contributed by atoms with van der Waals surface area (Å²) in [6.07, 6.45) is 1.26. The highest BCUT2D eigenvalue weighted by atomic mass is 32.2. The number of hydrogen-bond donors (Lipinski definition) is 1. The molecule has 0 aliphatic rings. The van der Waals surface area contributed by atoms with Crippen molar-refractivity contribution in [2.24, 2.45) is 0 Å². The van der Waals surface area contributed by atoms with Crippen molar-refractivity contribution in [1.29, 1.82) is 0 Å². The minimum Gasteiger partial charge on any atom is -0.444 e. The van der Waals surface area contributed by atoms with Crippen molar-refractivity contribution in [3.05, 3.63) is 0 Å². The van der Waals surface area contributed by atoms with Crippen LogP contribution in [0.25, 0.3) is 0 Å². The van der Waals surface area contributed by atoms with Gasteiger partial charge >= 0.3 is 6.09 Å². The lowest BCUT2D eigenvalue weighted by molar-refractivity contribution is -0.109. The summed E-state index contributed by atoms with van der Waals surface area (Å²) in [5, 5.41) is 2.53. The van der Waals surface area contributed by atoms with Crippen molar-refractivity contribution in [3.63, 3.8) is 0 Å². The molecule has 0 aromatic heterocycles. The van der Waals surface area contributed by atoms with Gasteiger partial charge in [0.2, 0.25) is 0 Å². The molecule has 0 saturated carbocycles. The molecule has 1 N–H and O–H groups in total. The van der Waals surface area contributed by atoms with E-state index in [9.17, 15) is 9.59 Å². The topological polar surface area (TPSA) is 55.4 Å². The van der Waals surface area contributed by atoms with Gasteiger partial charge in [0.25, 0.3) is 0 Å². The van der Waals surface area contributed by atoms with Gasteiger partial charge in [0.1, 0.15) is 11.9 Å². The molecule has 0 aromatic rings. The first-order chi connectivity index (χ1) is 7.39. The summed E-state index contributed by atoms with van der Waals surface area (Å²) >= 11 is 1.64. The van der Waals surface area contributed by atoms with Crippen LogP contribution in [-0.4, -0.2) is 35.5 Å². The summed E-state index contributed by atoms with van der Waals surface area (Å²) in [6, 6.07) is -0.466. The number of alkyl carbamates (subject to hydrolysis) is 1. The van der Waals surface area contributed by atoms with E-state index in [0.717, 1.165) is 18.5 Å². The summed E-state index contributed by atoms with van der Waals surface area (Å²) in [6.45, 7) is 7.43. The molecule has 0 saturated heterocycles. The zero-order valence-corrected chi connectivity index (χ0v) is 11.2. The summed E-state index contributed by atoms with van der Waals surface area (Å²) < 4.78 is 5.06. The molecular weight excluding hydrogens is 226 g/mol. The van der Waals surface area contributed by atoms with Crippen LogP contribution in [0.5, 0.6) is 0 Å². The monoisotopic (exact) mass is 247 g/mol. The molecule has 1 atom stereocenters. The molecule has 0 fully saturated rings. The molecule has 94 valence electrons. The van der Waals surface area contributed by atoms with E-state index in [4.69, 9.17) is 4.74 Å². The van der Waals surface area contributed by atoms with E-state index in [1.54, 1.807) is 32.5 Å². The van der Waals surface area contributed by atoms with Crippen molar-refractivity contribution in [2.75, 3.05) is 11.5 Å². The van der Waals surface area contributed by atoms with Gasteiger partial charge < -0.3 is 14.8 Å². The van der Waals surface area contributed by atoms with Gasteiger partial charge in [-0.15, -0.1) is 0 Å². The zero-order chi connectivity index (χ0) is 12.6. The third-order valence-corrected chi connectivity index (χ3v) is 2.80. The zero-order valence-electron chi connectivity index (χ0n) is 10.4. The highest BCUT2D eigenvalue weighted by molar-refractivity contribution is 7.99. The molecule has 5 heteroatoms. The summed E-state index contributed by atoms with van der Waals surface area (Å²) in [7, 11) is 0. The van der Waals surface area contributed by atoms with Gasteiger partial charge in [-0.2, -0.15) is 11.8 Å². The minimum absolute atomic E-state index is 0.466. The number of ether oxygens (including phenoxy) is 1. The highest BCUT2D eigenvalue weighted by Crippen LogP contribution is 2.08. The maximum Gasteiger partial charge on any atom is 0.408 e. The Morgan fingerprint density at radius 1 is 1.50 bits per heavy atom. The third kappa shape index (κ3) is 8.59. The fourth-order valence-electron chi connectivity index (χ4n) is 0.929. The van der Waals surface area contributed by atoms with Gasteiger partial charge in [-0.3, -0.25) is 0 Å². The Morgan fingerprint density at radius 2 is 2.12 bits per heavy atom. The first kappa shape index (κ1) is 15.3. The van der Waals surface area contributed by atoms with Crippen LogP contribution in [0.4, 0.5) is 4.79 Å². The molecule has 16 heavy (non-hydrogen) atoms. The Balaban J connectivity index is 3.92. The van der Waals surface area contributed by atoms with Crippen LogP contribution in [0.1, 0.15) is 34.1 Å². The summed E-state index contributed by atoms with van der Waals surface area (Å²) in [5.74, 6) is 1.58. The molecule has 0 bridgehead atoms. The summed E-state index contributed by atoms with van der Waals surface area (Å²) in [4.78, 5) is 22.1. The first-order valence-corrected chi connectivity index (χ1v) is 6.57. The van der Waals surface area contributed by atoms with Crippen LogP contribution >= 0.6 is 11.8 Å². The van der Waals surface area contributed by atoms with Crippen molar-refractivity contribution in [3.8, 4) is 0 Å². The SMILES string of the molecule is CCCSC[C@H](C=O)NC(=O)OC(C)(C)C. The third-order valence-electron chi connectivity index (χ3n) is 1.51. The normalized spacial score (nSPS) is 13.0. The van der Waals surface area contributed by atoms with Gasteiger partial charge in [0.05, 0.1) is 6.04 Å². The predicted molar refractivity (Wildman–Crippen MR) is 66.8 cm³/mol. The fraction of sp³-hybridized carbons (Fsp3) is 0.818. The number of carbonyl (C=O) groups is 2. The Kier molecular flexibility index (Phi) is 7.21. The number of hydrogen-bond acceptors (Lipinski definition) is 4. The lowest BCUT2D eigenvalue weighted by atomic mass is 10.2. The molecule has 0 rings (SSSR count).